The van der Waals surface area contributed by atoms with Gasteiger partial charge >= 0.3 is 0 Å². The molecule has 0 amide bonds. The van der Waals surface area contributed by atoms with E-state index < -0.39 is 0 Å². The van der Waals surface area contributed by atoms with Gasteiger partial charge in [-0.1, -0.05) is 11.6 Å². The predicted molar refractivity (Wildman–Crippen MR) is 70.4 cm³/mol. The van der Waals surface area contributed by atoms with Crippen LogP contribution in [0.15, 0.2) is 23.6 Å². The maximum absolute atomic E-state index is 8.88. The molecule has 2 rings (SSSR count). The maximum atomic E-state index is 8.88. The van der Waals surface area contributed by atoms with Crippen molar-refractivity contribution >= 4 is 28.6 Å². The number of methoxy groups -OCH3 is 1. The van der Waals surface area contributed by atoms with Gasteiger partial charge in [-0.25, -0.2) is 0 Å². The maximum Gasteiger partial charge on any atom is 0.128 e. The van der Waals surface area contributed by atoms with Crippen molar-refractivity contribution in [1.29, 1.82) is 5.26 Å². The second-order valence-electron chi connectivity index (χ2n) is 3.35. The molecule has 1 aromatic heterocycles. The fourth-order valence-corrected chi connectivity index (χ4v) is 2.50. The summed E-state index contributed by atoms with van der Waals surface area (Å²) >= 11 is 7.27. The van der Waals surface area contributed by atoms with E-state index in [1.807, 2.05) is 5.38 Å². The third-order valence-corrected chi connectivity index (χ3v) is 3.52. The predicted octanol–water partition coefficient (Wildman–Crippen LogP) is 3.53. The lowest BCUT2D eigenvalue weighted by molar-refractivity contribution is 0.416. The Hall–Kier alpha value is -1.70. The zero-order valence-corrected chi connectivity index (χ0v) is 10.6. The van der Waals surface area contributed by atoms with E-state index in [2.05, 4.69) is 6.07 Å². The molecule has 0 aliphatic carbocycles. The average molecular weight is 265 g/mol. The number of nitriles is 1. The van der Waals surface area contributed by atoms with Crippen molar-refractivity contribution in [3.05, 3.63) is 33.5 Å². The minimum Gasteiger partial charge on any atom is -0.496 e. The molecule has 0 saturated heterocycles. The van der Waals surface area contributed by atoms with Gasteiger partial charge in [0.05, 0.1) is 12.8 Å². The van der Waals surface area contributed by atoms with Crippen molar-refractivity contribution in [3.63, 3.8) is 0 Å². The Kier molecular flexibility index (Phi) is 3.23. The summed E-state index contributed by atoms with van der Waals surface area (Å²) in [4.78, 5) is 0.502. The van der Waals surface area contributed by atoms with Crippen molar-refractivity contribution < 1.29 is 4.74 Å². The van der Waals surface area contributed by atoms with Gasteiger partial charge in [-0.2, -0.15) is 5.26 Å². The van der Waals surface area contributed by atoms with E-state index >= 15 is 0 Å². The van der Waals surface area contributed by atoms with Crippen LogP contribution in [-0.2, 0) is 0 Å². The van der Waals surface area contributed by atoms with E-state index in [1.165, 1.54) is 11.3 Å². The van der Waals surface area contributed by atoms with Gasteiger partial charge in [0.15, 0.2) is 0 Å². The molecule has 0 spiro atoms. The number of rotatable bonds is 2. The van der Waals surface area contributed by atoms with Gasteiger partial charge in [-0.15, -0.1) is 11.3 Å². The Morgan fingerprint density at radius 2 is 2.18 bits per heavy atom. The fraction of sp³-hybridized carbons (Fsp3) is 0.0833. The van der Waals surface area contributed by atoms with Crippen LogP contribution in [0.3, 0.4) is 0 Å². The van der Waals surface area contributed by atoms with Crippen LogP contribution in [0.2, 0.25) is 5.02 Å². The number of thiophene rings is 1. The molecular formula is C12H9ClN2OS. The van der Waals surface area contributed by atoms with Crippen molar-refractivity contribution in [2.24, 2.45) is 0 Å². The van der Waals surface area contributed by atoms with Crippen LogP contribution in [0, 0.1) is 11.3 Å². The molecule has 1 heterocycles. The van der Waals surface area contributed by atoms with Crippen molar-refractivity contribution in [2.45, 2.75) is 0 Å². The molecule has 0 bridgehead atoms. The van der Waals surface area contributed by atoms with Crippen LogP contribution < -0.4 is 10.5 Å². The number of nitrogens with zero attached hydrogens (tertiary/aromatic N) is 1. The monoisotopic (exact) mass is 264 g/mol. The second kappa shape index (κ2) is 4.66. The van der Waals surface area contributed by atoms with E-state index in [0.717, 1.165) is 11.1 Å². The first-order chi connectivity index (χ1) is 8.17. The average Bonchev–Trinajstić information content (AvgIpc) is 2.70. The summed E-state index contributed by atoms with van der Waals surface area (Å²) in [5.74, 6) is 0.684. The Bertz CT molecular complexity index is 601. The van der Waals surface area contributed by atoms with Crippen molar-refractivity contribution in [2.75, 3.05) is 12.8 Å². The lowest BCUT2D eigenvalue weighted by Gasteiger charge is -2.08. The first-order valence-corrected chi connectivity index (χ1v) is 6.04. The number of nitrogens with two attached hydrogens (primary N) is 1. The zero-order chi connectivity index (χ0) is 12.4. The number of halogens is 1. The number of anilines is 1. The third kappa shape index (κ3) is 2.07. The van der Waals surface area contributed by atoms with E-state index in [4.69, 9.17) is 27.3 Å². The lowest BCUT2D eigenvalue weighted by atomic mass is 10.1. The summed E-state index contributed by atoms with van der Waals surface area (Å²) in [5.41, 5.74) is 7.96. The summed E-state index contributed by atoms with van der Waals surface area (Å²) < 4.78 is 5.26. The zero-order valence-electron chi connectivity index (χ0n) is 9.03. The molecule has 0 atom stereocenters. The summed E-state index contributed by atoms with van der Waals surface area (Å²) in [5, 5.41) is 11.3. The molecule has 0 aliphatic heterocycles. The highest BCUT2D eigenvalue weighted by atomic mass is 35.5. The Balaban J connectivity index is 2.63. The van der Waals surface area contributed by atoms with Crippen LogP contribution in [0.1, 0.15) is 4.88 Å². The van der Waals surface area contributed by atoms with Crippen molar-refractivity contribution in [1.82, 2.24) is 0 Å². The first kappa shape index (κ1) is 11.8. The molecular weight excluding hydrogens is 256 g/mol. The number of nitrogen functional groups attached to an aromatic ring is 1. The second-order valence-corrected chi connectivity index (χ2v) is 4.66. The van der Waals surface area contributed by atoms with Gasteiger partial charge in [0.25, 0.3) is 0 Å². The minimum atomic E-state index is 0.470. The first-order valence-electron chi connectivity index (χ1n) is 4.78. The summed E-state index contributed by atoms with van der Waals surface area (Å²) in [6.45, 7) is 0. The van der Waals surface area contributed by atoms with Gasteiger partial charge < -0.3 is 10.5 Å². The van der Waals surface area contributed by atoms with Gasteiger partial charge in [0.2, 0.25) is 0 Å². The lowest BCUT2D eigenvalue weighted by Crippen LogP contribution is -1.91. The molecule has 17 heavy (non-hydrogen) atoms. The summed E-state index contributed by atoms with van der Waals surface area (Å²) in [6.07, 6.45) is 0. The Labute approximate surface area is 108 Å². The Morgan fingerprint density at radius 3 is 2.76 bits per heavy atom. The normalized spacial score (nSPS) is 9.94. The molecule has 0 unspecified atom stereocenters. The summed E-state index contributed by atoms with van der Waals surface area (Å²) in [6, 6.07) is 7.36. The molecule has 2 N–H and O–H groups in total. The van der Waals surface area contributed by atoms with Crippen LogP contribution in [0.4, 0.5) is 5.69 Å². The number of ether oxygens (including phenoxy) is 1. The molecule has 86 valence electrons. The highest BCUT2D eigenvalue weighted by Gasteiger charge is 2.14. The minimum absolute atomic E-state index is 0.470. The van der Waals surface area contributed by atoms with E-state index in [1.54, 1.807) is 25.3 Å². The van der Waals surface area contributed by atoms with Crippen LogP contribution in [-0.4, -0.2) is 7.11 Å². The van der Waals surface area contributed by atoms with Gasteiger partial charge in [-0.05, 0) is 18.2 Å². The number of benzene rings is 1. The molecule has 5 heteroatoms. The topological polar surface area (TPSA) is 59.0 Å². The molecule has 1 aromatic carbocycles. The SMILES string of the molecule is COc1ccc(Cl)cc1-c1csc(C#N)c1N. The van der Waals surface area contributed by atoms with Crippen LogP contribution >= 0.6 is 22.9 Å². The van der Waals surface area contributed by atoms with Crippen molar-refractivity contribution in [3.8, 4) is 22.9 Å². The fourth-order valence-electron chi connectivity index (χ4n) is 1.55. The van der Waals surface area contributed by atoms with Gasteiger partial charge in [0.1, 0.15) is 16.7 Å². The largest absolute Gasteiger partial charge is 0.496 e. The van der Waals surface area contributed by atoms with Gasteiger partial charge in [-0.3, -0.25) is 0 Å². The quantitative estimate of drug-likeness (QED) is 0.903. The Morgan fingerprint density at radius 1 is 1.41 bits per heavy atom. The van der Waals surface area contributed by atoms with Crippen LogP contribution in [0.5, 0.6) is 5.75 Å². The number of hydrogen-bond donors (Lipinski definition) is 1. The molecule has 0 saturated carbocycles. The highest BCUT2D eigenvalue weighted by molar-refractivity contribution is 7.11. The smallest absolute Gasteiger partial charge is 0.128 e. The van der Waals surface area contributed by atoms with Crippen LogP contribution in [0.25, 0.3) is 11.1 Å². The molecule has 2 aromatic rings. The van der Waals surface area contributed by atoms with E-state index in [-0.39, 0.29) is 0 Å². The van der Waals surface area contributed by atoms with E-state index in [9.17, 15) is 0 Å². The van der Waals surface area contributed by atoms with Gasteiger partial charge in [0, 0.05) is 21.5 Å². The molecule has 0 aliphatic rings. The molecule has 0 radical (unpaired) electrons. The summed E-state index contributed by atoms with van der Waals surface area (Å²) in [7, 11) is 1.58. The van der Waals surface area contributed by atoms with E-state index in [0.29, 0.717) is 21.3 Å². The standard InChI is InChI=1S/C12H9ClN2OS/c1-16-10-3-2-7(13)4-8(10)9-6-17-11(5-14)12(9)15/h2-4,6H,15H2,1H3. The number of hydrogen-bond acceptors (Lipinski definition) is 4. The molecule has 3 nitrogen and oxygen atoms in total. The third-order valence-electron chi connectivity index (χ3n) is 2.38. The molecule has 0 fully saturated rings. The highest BCUT2D eigenvalue weighted by Crippen LogP contribution is 2.39.